The van der Waals surface area contributed by atoms with E-state index in [1.165, 1.54) is 5.69 Å². The van der Waals surface area contributed by atoms with Gasteiger partial charge in [0.05, 0.1) is 0 Å². The number of carbonyl (C=O) groups excluding carboxylic acids is 1. The van der Waals surface area contributed by atoms with Crippen molar-refractivity contribution in [1.82, 2.24) is 15.2 Å². The molecular weight excluding hydrogens is 400 g/mol. The van der Waals surface area contributed by atoms with Crippen LogP contribution in [0.15, 0.2) is 71.5 Å². The molecule has 0 unspecified atom stereocenters. The molecule has 1 amide bonds. The van der Waals surface area contributed by atoms with Crippen LogP contribution >= 0.6 is 0 Å². The van der Waals surface area contributed by atoms with Crippen molar-refractivity contribution in [2.45, 2.75) is 0 Å². The van der Waals surface area contributed by atoms with E-state index in [-0.39, 0.29) is 5.91 Å². The predicted molar refractivity (Wildman–Crippen MR) is 128 cm³/mol. The topological polar surface area (TPSA) is 61.6 Å². The van der Waals surface area contributed by atoms with Crippen molar-refractivity contribution in [2.24, 2.45) is 0 Å². The first-order valence-corrected chi connectivity index (χ1v) is 10.9. The Labute approximate surface area is 187 Å². The van der Waals surface area contributed by atoms with Crippen molar-refractivity contribution in [2.75, 3.05) is 45.2 Å². The zero-order valence-electron chi connectivity index (χ0n) is 18.3. The molecule has 0 saturated carbocycles. The molecule has 3 heterocycles. The first-order valence-electron chi connectivity index (χ1n) is 10.9. The molecular formula is C26H26N4O2. The number of furan rings is 1. The summed E-state index contributed by atoms with van der Waals surface area (Å²) >= 11 is 0. The molecule has 2 aromatic carbocycles. The average Bonchev–Trinajstić information content (AvgIpc) is 3.27. The summed E-state index contributed by atoms with van der Waals surface area (Å²) < 4.78 is 5.86. The molecule has 0 radical (unpaired) electrons. The minimum Gasteiger partial charge on any atom is -0.462 e. The lowest BCUT2D eigenvalue weighted by atomic mass is 10.0. The van der Waals surface area contributed by atoms with Crippen LogP contribution in [0, 0.1) is 0 Å². The molecule has 1 saturated heterocycles. The molecule has 1 aliphatic heterocycles. The Morgan fingerprint density at radius 2 is 1.78 bits per heavy atom. The minimum atomic E-state index is -0.0286. The number of nitrogens with zero attached hydrogens (tertiary/aromatic N) is 3. The third-order valence-corrected chi connectivity index (χ3v) is 5.92. The van der Waals surface area contributed by atoms with Gasteiger partial charge in [0.15, 0.2) is 5.58 Å². The summed E-state index contributed by atoms with van der Waals surface area (Å²) in [6.45, 7) is 4.11. The molecule has 0 atom stereocenters. The average molecular weight is 427 g/mol. The van der Waals surface area contributed by atoms with Crippen LogP contribution in [-0.2, 0) is 0 Å². The Bertz CT molecular complexity index is 1250. The van der Waals surface area contributed by atoms with Gasteiger partial charge in [-0.25, -0.2) is 0 Å². The maximum absolute atomic E-state index is 12.3. The van der Waals surface area contributed by atoms with Crippen molar-refractivity contribution in [3.63, 3.8) is 0 Å². The van der Waals surface area contributed by atoms with Gasteiger partial charge in [-0.05, 0) is 41.5 Å². The number of anilines is 1. The fraction of sp³-hybridized carbons (Fsp3) is 0.231. The van der Waals surface area contributed by atoms with Crippen molar-refractivity contribution < 1.29 is 9.21 Å². The van der Waals surface area contributed by atoms with Crippen LogP contribution in [0.3, 0.4) is 0 Å². The van der Waals surface area contributed by atoms with Gasteiger partial charge < -0.3 is 19.5 Å². The molecule has 4 aromatic rings. The summed E-state index contributed by atoms with van der Waals surface area (Å²) in [5.74, 6) is -0.0286. The largest absolute Gasteiger partial charge is 0.462 e. The lowest BCUT2D eigenvalue weighted by molar-refractivity contribution is 0.0827. The fourth-order valence-electron chi connectivity index (χ4n) is 4.14. The number of piperazine rings is 1. The van der Waals surface area contributed by atoms with E-state index in [2.05, 4.69) is 34.5 Å². The zero-order chi connectivity index (χ0) is 22.1. The number of fused-ring (bicyclic) bond motifs is 1. The molecule has 1 N–H and O–H groups in total. The highest BCUT2D eigenvalue weighted by Gasteiger charge is 2.15. The molecule has 2 aromatic heterocycles. The highest BCUT2D eigenvalue weighted by Crippen LogP contribution is 2.32. The Morgan fingerprint density at radius 1 is 1.00 bits per heavy atom. The summed E-state index contributed by atoms with van der Waals surface area (Å²) in [5.41, 5.74) is 7.33. The van der Waals surface area contributed by atoms with Gasteiger partial charge in [0.2, 0.25) is 0 Å². The first-order chi connectivity index (χ1) is 15.6. The SMILES string of the molecule is CN(C)C(=O)c1cccc(-c2coc3cc(-c4ccc(N5CCNCC5)cc4)cnc23)c1. The maximum atomic E-state index is 12.3. The van der Waals surface area contributed by atoms with Crippen LogP contribution in [0.1, 0.15) is 10.4 Å². The lowest BCUT2D eigenvalue weighted by Gasteiger charge is -2.29. The minimum absolute atomic E-state index is 0.0286. The molecule has 0 bridgehead atoms. The molecule has 6 heteroatoms. The van der Waals surface area contributed by atoms with Crippen molar-refractivity contribution in [3.05, 3.63) is 72.6 Å². The summed E-state index contributed by atoms with van der Waals surface area (Å²) in [6.07, 6.45) is 3.60. The number of benzene rings is 2. The van der Waals surface area contributed by atoms with E-state index in [1.807, 2.05) is 36.5 Å². The van der Waals surface area contributed by atoms with Crippen LogP contribution in [-0.4, -0.2) is 56.1 Å². The van der Waals surface area contributed by atoms with Gasteiger partial charge in [0.25, 0.3) is 5.91 Å². The number of amides is 1. The molecule has 5 rings (SSSR count). The van der Waals surface area contributed by atoms with Gasteiger partial charge in [-0.15, -0.1) is 0 Å². The van der Waals surface area contributed by atoms with Crippen LogP contribution < -0.4 is 10.2 Å². The van der Waals surface area contributed by atoms with Gasteiger partial charge in [0.1, 0.15) is 11.8 Å². The van der Waals surface area contributed by atoms with E-state index < -0.39 is 0 Å². The maximum Gasteiger partial charge on any atom is 0.253 e. The Kier molecular flexibility index (Phi) is 5.37. The molecule has 0 aliphatic carbocycles. The smallest absolute Gasteiger partial charge is 0.253 e. The highest BCUT2D eigenvalue weighted by molar-refractivity contribution is 5.97. The summed E-state index contributed by atoms with van der Waals surface area (Å²) in [5, 5.41) is 3.39. The number of rotatable bonds is 4. The fourth-order valence-corrected chi connectivity index (χ4v) is 4.14. The van der Waals surface area contributed by atoms with E-state index >= 15 is 0 Å². The second kappa shape index (κ2) is 8.48. The lowest BCUT2D eigenvalue weighted by Crippen LogP contribution is -2.43. The van der Waals surface area contributed by atoms with Crippen molar-refractivity contribution in [3.8, 4) is 22.3 Å². The van der Waals surface area contributed by atoms with E-state index in [4.69, 9.17) is 9.40 Å². The third kappa shape index (κ3) is 3.85. The quantitative estimate of drug-likeness (QED) is 0.528. The highest BCUT2D eigenvalue weighted by atomic mass is 16.3. The molecule has 162 valence electrons. The van der Waals surface area contributed by atoms with Crippen LogP contribution in [0.2, 0.25) is 0 Å². The van der Waals surface area contributed by atoms with Gasteiger partial charge in [0, 0.05) is 68.8 Å². The summed E-state index contributed by atoms with van der Waals surface area (Å²) in [6, 6.07) is 18.2. The van der Waals surface area contributed by atoms with Crippen LogP contribution in [0.25, 0.3) is 33.4 Å². The molecule has 6 nitrogen and oxygen atoms in total. The molecule has 0 spiro atoms. The van der Waals surface area contributed by atoms with E-state index in [0.29, 0.717) is 5.56 Å². The van der Waals surface area contributed by atoms with E-state index in [9.17, 15) is 4.79 Å². The van der Waals surface area contributed by atoms with Crippen LogP contribution in [0.4, 0.5) is 5.69 Å². The monoisotopic (exact) mass is 426 g/mol. The Morgan fingerprint density at radius 3 is 2.53 bits per heavy atom. The summed E-state index contributed by atoms with van der Waals surface area (Å²) in [4.78, 5) is 21.0. The Hall–Kier alpha value is -3.64. The van der Waals surface area contributed by atoms with E-state index in [0.717, 1.165) is 59.5 Å². The normalized spacial score (nSPS) is 14.0. The van der Waals surface area contributed by atoms with Crippen molar-refractivity contribution >= 4 is 22.7 Å². The molecule has 32 heavy (non-hydrogen) atoms. The third-order valence-electron chi connectivity index (χ3n) is 5.92. The number of hydrogen-bond donors (Lipinski definition) is 1. The second-order valence-corrected chi connectivity index (χ2v) is 8.28. The Balaban J connectivity index is 1.43. The second-order valence-electron chi connectivity index (χ2n) is 8.28. The number of aromatic nitrogens is 1. The van der Waals surface area contributed by atoms with Gasteiger partial charge in [-0.1, -0.05) is 24.3 Å². The number of nitrogens with one attached hydrogen (secondary N) is 1. The molecule has 1 fully saturated rings. The molecule has 1 aliphatic rings. The van der Waals surface area contributed by atoms with Crippen LogP contribution in [0.5, 0.6) is 0 Å². The van der Waals surface area contributed by atoms with Gasteiger partial charge in [-0.2, -0.15) is 0 Å². The van der Waals surface area contributed by atoms with Gasteiger partial charge >= 0.3 is 0 Å². The number of pyridine rings is 1. The predicted octanol–water partition coefficient (Wildman–Crippen LogP) is 4.27. The van der Waals surface area contributed by atoms with Gasteiger partial charge in [-0.3, -0.25) is 9.78 Å². The van der Waals surface area contributed by atoms with Crippen molar-refractivity contribution in [1.29, 1.82) is 0 Å². The zero-order valence-corrected chi connectivity index (χ0v) is 18.3. The summed E-state index contributed by atoms with van der Waals surface area (Å²) in [7, 11) is 3.50. The first kappa shape index (κ1) is 20.3. The standard InChI is InChI=1S/C26H26N4O2/c1-29(2)26(31)20-5-3-4-19(14-20)23-17-32-24-15-21(16-28-25(23)24)18-6-8-22(9-7-18)30-12-10-27-11-13-30/h3-9,14-17,27H,10-13H2,1-2H3. The number of carbonyl (C=O) groups is 1. The number of hydrogen-bond acceptors (Lipinski definition) is 5. The van der Waals surface area contributed by atoms with E-state index in [1.54, 1.807) is 25.3 Å².